The van der Waals surface area contributed by atoms with Crippen LogP contribution in [-0.2, 0) is 14.3 Å². The number of nitrogens with one attached hydrogen (secondary N) is 2. The van der Waals surface area contributed by atoms with E-state index in [4.69, 9.17) is 9.47 Å². The van der Waals surface area contributed by atoms with Crippen LogP contribution < -0.4 is 15.4 Å². The van der Waals surface area contributed by atoms with Crippen LogP contribution >= 0.6 is 11.8 Å². The highest BCUT2D eigenvalue weighted by Crippen LogP contribution is 2.28. The van der Waals surface area contributed by atoms with Crippen LogP contribution in [0, 0.1) is 13.8 Å². The number of hydrogen-bond acceptors (Lipinski definition) is 6. The molecule has 0 aliphatic carbocycles. The Bertz CT molecular complexity index is 1100. The first-order chi connectivity index (χ1) is 17.9. The van der Waals surface area contributed by atoms with E-state index in [1.807, 2.05) is 45.2 Å². The van der Waals surface area contributed by atoms with Gasteiger partial charge >= 0.3 is 6.09 Å². The zero-order valence-electron chi connectivity index (χ0n) is 23.7. The molecule has 3 amide bonds. The number of methoxy groups -OCH3 is 1. The minimum absolute atomic E-state index is 0.263. The number of aryl methyl sites for hydroxylation is 2. The highest BCUT2D eigenvalue weighted by molar-refractivity contribution is 7.98. The van der Waals surface area contributed by atoms with Gasteiger partial charge < -0.3 is 25.0 Å². The van der Waals surface area contributed by atoms with Crippen molar-refractivity contribution in [2.45, 2.75) is 65.6 Å². The van der Waals surface area contributed by atoms with Gasteiger partial charge in [0.05, 0.1) is 7.11 Å². The van der Waals surface area contributed by atoms with Gasteiger partial charge in [-0.15, -0.1) is 0 Å². The molecule has 0 aromatic heterocycles. The monoisotopic (exact) mass is 543 g/mol. The Morgan fingerprint density at radius 3 is 2.24 bits per heavy atom. The van der Waals surface area contributed by atoms with Gasteiger partial charge in [-0.2, -0.15) is 11.8 Å². The average molecular weight is 544 g/mol. The van der Waals surface area contributed by atoms with Crippen LogP contribution in [0.25, 0.3) is 0 Å². The van der Waals surface area contributed by atoms with E-state index in [1.165, 1.54) is 4.90 Å². The third-order valence-electron chi connectivity index (χ3n) is 5.86. The summed E-state index contributed by atoms with van der Waals surface area (Å²) in [5.41, 5.74) is 2.55. The lowest BCUT2D eigenvalue weighted by Gasteiger charge is -2.34. The van der Waals surface area contributed by atoms with Crippen molar-refractivity contribution in [2.24, 2.45) is 0 Å². The Hall–Kier alpha value is -3.20. The van der Waals surface area contributed by atoms with Crippen molar-refractivity contribution < 1.29 is 23.9 Å². The van der Waals surface area contributed by atoms with Crippen molar-refractivity contribution >= 4 is 35.4 Å². The molecule has 2 rings (SSSR count). The molecule has 0 fully saturated rings. The van der Waals surface area contributed by atoms with Gasteiger partial charge in [0.25, 0.3) is 5.91 Å². The number of nitrogens with zero attached hydrogens (tertiary/aromatic N) is 1. The first kappa shape index (κ1) is 31.0. The fourth-order valence-electron chi connectivity index (χ4n) is 4.08. The molecule has 0 saturated heterocycles. The quantitative estimate of drug-likeness (QED) is 0.389. The molecule has 0 radical (unpaired) electrons. The van der Waals surface area contributed by atoms with Gasteiger partial charge in [0, 0.05) is 12.2 Å². The summed E-state index contributed by atoms with van der Waals surface area (Å²) in [5, 5.41) is 5.70. The van der Waals surface area contributed by atoms with Crippen LogP contribution in [0.2, 0.25) is 0 Å². The lowest BCUT2D eigenvalue weighted by Crippen LogP contribution is -2.52. The molecule has 2 unspecified atom stereocenters. The minimum atomic E-state index is -0.910. The third-order valence-corrected chi connectivity index (χ3v) is 6.50. The second-order valence-electron chi connectivity index (χ2n) is 10.1. The Morgan fingerprint density at radius 2 is 1.71 bits per heavy atom. The maximum absolute atomic E-state index is 14.0. The molecule has 2 aromatic carbocycles. The van der Waals surface area contributed by atoms with Crippen molar-refractivity contribution in [3.8, 4) is 5.75 Å². The molecular weight excluding hydrogens is 502 g/mol. The summed E-state index contributed by atoms with van der Waals surface area (Å²) < 4.78 is 10.6. The SMILES string of the molecule is CCN(C(=O)C(CCSC)NC(=O)OC(C)(C)C)C(C(=O)Nc1ccc(OC)cc1)c1ccc(C)cc1C. The van der Waals surface area contributed by atoms with Crippen molar-refractivity contribution in [3.63, 3.8) is 0 Å². The number of hydrogen-bond donors (Lipinski definition) is 2. The second-order valence-corrected chi connectivity index (χ2v) is 11.1. The third kappa shape index (κ3) is 8.97. The molecular formula is C29H41N3O5S. The van der Waals surface area contributed by atoms with Gasteiger partial charge in [0.1, 0.15) is 23.4 Å². The fraction of sp³-hybridized carbons (Fsp3) is 0.483. The Balaban J connectivity index is 2.46. The average Bonchev–Trinajstić information content (AvgIpc) is 2.84. The van der Waals surface area contributed by atoms with Crippen molar-refractivity contribution in [3.05, 3.63) is 59.2 Å². The predicted octanol–water partition coefficient (Wildman–Crippen LogP) is 5.49. The lowest BCUT2D eigenvalue weighted by atomic mass is 9.96. The summed E-state index contributed by atoms with van der Waals surface area (Å²) in [6.45, 7) is 11.3. The van der Waals surface area contributed by atoms with Crippen molar-refractivity contribution in [2.75, 3.05) is 31.0 Å². The molecule has 2 aromatic rings. The summed E-state index contributed by atoms with van der Waals surface area (Å²) in [5.74, 6) is 0.625. The Morgan fingerprint density at radius 1 is 1.05 bits per heavy atom. The van der Waals surface area contributed by atoms with Gasteiger partial charge in [-0.25, -0.2) is 4.79 Å². The van der Waals surface area contributed by atoms with E-state index < -0.39 is 23.8 Å². The Kier molecular flexibility index (Phi) is 11.5. The number of carbonyl (C=O) groups is 3. The van der Waals surface area contributed by atoms with Crippen LogP contribution in [0.3, 0.4) is 0 Å². The summed E-state index contributed by atoms with van der Waals surface area (Å²) in [6.07, 6.45) is 1.67. The number of amides is 3. The largest absolute Gasteiger partial charge is 0.497 e. The van der Waals surface area contributed by atoms with Gasteiger partial charge in [0.2, 0.25) is 5.91 Å². The van der Waals surface area contributed by atoms with E-state index in [9.17, 15) is 14.4 Å². The summed E-state index contributed by atoms with van der Waals surface area (Å²) >= 11 is 1.57. The smallest absolute Gasteiger partial charge is 0.408 e. The van der Waals surface area contributed by atoms with E-state index in [-0.39, 0.29) is 18.4 Å². The van der Waals surface area contributed by atoms with Crippen LogP contribution in [-0.4, -0.2) is 60.1 Å². The number of carbonyl (C=O) groups excluding carboxylic acids is 3. The molecule has 0 spiro atoms. The molecule has 0 saturated carbocycles. The molecule has 8 nitrogen and oxygen atoms in total. The zero-order chi connectivity index (χ0) is 28.5. The maximum atomic E-state index is 14.0. The number of ether oxygens (including phenoxy) is 2. The predicted molar refractivity (Wildman–Crippen MR) is 154 cm³/mol. The summed E-state index contributed by atoms with van der Waals surface area (Å²) in [7, 11) is 1.58. The highest BCUT2D eigenvalue weighted by Gasteiger charge is 2.36. The standard InChI is InChI=1S/C29H41N3O5S/c1-9-32(27(34)24(16-17-38-8)31-28(35)37-29(4,5)6)25(23-15-10-19(2)18-20(23)3)26(33)30-21-11-13-22(36-7)14-12-21/h10-15,18,24-25H,9,16-17H2,1-8H3,(H,30,33)(H,31,35). The number of likely N-dealkylation sites (N-methyl/N-ethyl adjacent to an activating group) is 1. The lowest BCUT2D eigenvalue weighted by molar-refractivity contribution is -0.140. The van der Waals surface area contributed by atoms with Crippen LogP contribution in [0.4, 0.5) is 10.5 Å². The molecule has 2 N–H and O–H groups in total. The molecule has 0 aliphatic heterocycles. The number of alkyl carbamates (subject to hydrolysis) is 1. The normalized spacial score (nSPS) is 12.7. The van der Waals surface area contributed by atoms with Crippen LogP contribution in [0.15, 0.2) is 42.5 Å². The molecule has 2 atom stereocenters. The minimum Gasteiger partial charge on any atom is -0.497 e. The molecule has 9 heteroatoms. The molecule has 208 valence electrons. The van der Waals surface area contributed by atoms with E-state index in [2.05, 4.69) is 10.6 Å². The molecule has 0 heterocycles. The summed E-state index contributed by atoms with van der Waals surface area (Å²) in [4.78, 5) is 41.9. The number of anilines is 1. The van der Waals surface area contributed by atoms with Crippen molar-refractivity contribution in [1.29, 1.82) is 0 Å². The van der Waals surface area contributed by atoms with Crippen LogP contribution in [0.5, 0.6) is 5.75 Å². The number of thioether (sulfide) groups is 1. The number of rotatable bonds is 11. The van der Waals surface area contributed by atoms with Gasteiger partial charge in [-0.1, -0.05) is 23.8 Å². The maximum Gasteiger partial charge on any atom is 0.408 e. The van der Waals surface area contributed by atoms with E-state index in [0.29, 0.717) is 23.6 Å². The molecule has 0 bridgehead atoms. The Labute approximate surface area is 230 Å². The molecule has 0 aliphatic rings. The highest BCUT2D eigenvalue weighted by atomic mass is 32.2. The van der Waals surface area contributed by atoms with Crippen LogP contribution in [0.1, 0.15) is 56.8 Å². The van der Waals surface area contributed by atoms with Gasteiger partial charge in [-0.3, -0.25) is 9.59 Å². The van der Waals surface area contributed by atoms with E-state index >= 15 is 0 Å². The van der Waals surface area contributed by atoms with Gasteiger partial charge in [0.15, 0.2) is 0 Å². The van der Waals surface area contributed by atoms with E-state index in [0.717, 1.165) is 16.7 Å². The van der Waals surface area contributed by atoms with Crippen molar-refractivity contribution in [1.82, 2.24) is 10.2 Å². The topological polar surface area (TPSA) is 97.0 Å². The fourth-order valence-corrected chi connectivity index (χ4v) is 4.55. The van der Waals surface area contributed by atoms with Gasteiger partial charge in [-0.05, 0) is 95.4 Å². The zero-order valence-corrected chi connectivity index (χ0v) is 24.5. The second kappa shape index (κ2) is 14.1. The first-order valence-electron chi connectivity index (χ1n) is 12.7. The van der Waals surface area contributed by atoms with E-state index in [1.54, 1.807) is 63.9 Å². The summed E-state index contributed by atoms with van der Waals surface area (Å²) in [6, 6.07) is 11.1. The first-order valence-corrected chi connectivity index (χ1v) is 14.1. The number of benzene rings is 2. The molecule has 38 heavy (non-hydrogen) atoms.